The van der Waals surface area contributed by atoms with Crippen molar-refractivity contribution in [3.8, 4) is 0 Å². The van der Waals surface area contributed by atoms with Crippen molar-refractivity contribution in [1.29, 1.82) is 0 Å². The van der Waals surface area contributed by atoms with Crippen LogP contribution in [0.25, 0.3) is 0 Å². The minimum Gasteiger partial charge on any atom is -0.310 e. The van der Waals surface area contributed by atoms with E-state index in [9.17, 15) is 0 Å². The van der Waals surface area contributed by atoms with Gasteiger partial charge in [-0.2, -0.15) is 0 Å². The Bertz CT molecular complexity index is 1620. The summed E-state index contributed by atoms with van der Waals surface area (Å²) in [4.78, 5) is 16.1. The maximum Gasteiger partial charge on any atom is 0.135 e. The highest BCUT2D eigenvalue weighted by atomic mass is 15.5. The molecule has 6 fully saturated rings. The number of rotatable bonds is 30. The lowest BCUT2D eigenvalue weighted by atomic mass is 10.1. The van der Waals surface area contributed by atoms with Crippen LogP contribution in [0.3, 0.4) is 0 Å². The first-order chi connectivity index (χ1) is 40.9. The molecule has 0 aromatic carbocycles. The Morgan fingerprint density at radius 2 is 0.698 bits per heavy atom. The fourth-order valence-electron chi connectivity index (χ4n) is 17.3. The molecule has 6 heterocycles. The van der Waals surface area contributed by atoms with Gasteiger partial charge >= 0.3 is 0 Å². The molecule has 12 heteroatoms. The second-order valence-electron chi connectivity index (χ2n) is 30.0. The molecule has 0 spiro atoms. The smallest absolute Gasteiger partial charge is 0.135 e. The van der Waals surface area contributed by atoms with E-state index in [0.29, 0.717) is 0 Å². The van der Waals surface area contributed by atoms with Crippen LogP contribution in [0.2, 0.25) is 0 Å². The molecule has 0 amide bonds. The highest BCUT2D eigenvalue weighted by Crippen LogP contribution is 2.30. The van der Waals surface area contributed by atoms with Gasteiger partial charge in [0.2, 0.25) is 0 Å². The Hall–Kier alpha value is -0.480. The molecule has 0 bridgehead atoms. The molecule has 12 nitrogen and oxygen atoms in total. The summed E-state index contributed by atoms with van der Waals surface area (Å²) in [7, 11) is 0. The van der Waals surface area contributed by atoms with E-state index in [0.717, 1.165) is 48.1 Å². The Morgan fingerprint density at radius 1 is 0.326 bits per heavy atom. The van der Waals surface area contributed by atoms with Crippen LogP contribution in [-0.4, -0.2) is 290 Å². The van der Waals surface area contributed by atoms with Crippen LogP contribution in [-0.2, 0) is 0 Å². The van der Waals surface area contributed by atoms with E-state index < -0.39 is 0 Å². The molecule has 0 aliphatic carbocycles. The van der Waals surface area contributed by atoms with Crippen molar-refractivity contribution in [3.63, 3.8) is 0 Å². The molecule has 6 unspecified atom stereocenters. The van der Waals surface area contributed by atoms with E-state index in [-0.39, 0.29) is 0 Å². The first-order valence-corrected chi connectivity index (χ1v) is 38.4. The summed E-state index contributed by atoms with van der Waals surface area (Å²) >= 11 is 0. The normalized spacial score (nSPS) is 26.8. The average molecular weight is 1220 g/mol. The van der Waals surface area contributed by atoms with Gasteiger partial charge in [0.1, 0.15) is 58.1 Å². The van der Waals surface area contributed by atoms with Gasteiger partial charge in [-0.05, 0) is 154 Å². The molecule has 6 aliphatic heterocycles. The van der Waals surface area contributed by atoms with Crippen molar-refractivity contribution in [2.24, 2.45) is 11.8 Å². The fourth-order valence-corrected chi connectivity index (χ4v) is 17.3. The molecule has 6 rings (SSSR count). The van der Waals surface area contributed by atoms with Gasteiger partial charge < -0.3 is 26.9 Å². The van der Waals surface area contributed by atoms with Gasteiger partial charge in [0.05, 0.1) is 136 Å². The molecule has 86 heavy (non-hydrogen) atoms. The number of nitrogens with zero attached hydrogens (tertiary/aromatic N) is 12. The Balaban J connectivity index is 0.000000516. The second kappa shape index (κ2) is 42.7. The molecule has 6 aliphatic rings. The van der Waals surface area contributed by atoms with Crippen LogP contribution in [0.4, 0.5) is 0 Å². The van der Waals surface area contributed by atoms with E-state index in [1.54, 1.807) is 0 Å². The predicted molar refractivity (Wildman–Crippen MR) is 382 cm³/mol. The summed E-state index contributed by atoms with van der Waals surface area (Å²) in [6.45, 7) is 99.7. The van der Waals surface area contributed by atoms with Crippen LogP contribution < -0.4 is 0 Å². The van der Waals surface area contributed by atoms with Crippen molar-refractivity contribution in [2.75, 3.05) is 197 Å². The van der Waals surface area contributed by atoms with Crippen LogP contribution in [0.1, 0.15) is 244 Å². The van der Waals surface area contributed by atoms with Crippen molar-refractivity contribution in [3.05, 3.63) is 0 Å². The lowest BCUT2D eigenvalue weighted by Gasteiger charge is -2.37. The molecule has 0 saturated carbocycles. The van der Waals surface area contributed by atoms with Crippen molar-refractivity contribution >= 4 is 0 Å². The predicted octanol–water partition coefficient (Wildman–Crippen LogP) is 14.3. The summed E-state index contributed by atoms with van der Waals surface area (Å²) < 4.78 is 7.91. The molecular weight excluding hydrogens is 1060 g/mol. The molecule has 516 valence electrons. The number of hydrogen-bond acceptors (Lipinski definition) is 6. The lowest BCUT2D eigenvalue weighted by molar-refractivity contribution is -0.939. The zero-order chi connectivity index (χ0) is 65.4. The number of hydrogen-bond donors (Lipinski definition) is 0. The van der Waals surface area contributed by atoms with E-state index >= 15 is 0 Å². The minimum atomic E-state index is 0.775. The van der Waals surface area contributed by atoms with Crippen molar-refractivity contribution in [2.45, 2.75) is 280 Å². The largest absolute Gasteiger partial charge is 0.310 e. The Kier molecular flexibility index (Phi) is 41.5. The van der Waals surface area contributed by atoms with E-state index in [4.69, 9.17) is 0 Å². The Morgan fingerprint density at radius 3 is 1.03 bits per heavy atom. The van der Waals surface area contributed by atoms with Crippen LogP contribution in [0.5, 0.6) is 0 Å². The standard InChI is InChI=1S/2C13H29N2.4C12H27N2/c1-5-9-13-11-15(7-3,8-4)12-14(13)10-6-2;1-5-9-13-11-14(10-6-2)12-15(13,7-3)8-4;1-6-14(7-2)9-12(5)13(10-14)8-11(3)4;1-6-14(7-2)10-13(8-11(3)4)9-12(14)5;1-5-9-13-11-14(7-3,8-4)10-12(13)6-2;1-5-9-13-10-12(6-2)14(7-3,8-4)11-13/h2*13H,5-12H2,1-4H3;2*11-12H,6-10H2,1-5H3;2*12H,5-11H2,1-4H3/q6*+1. The third kappa shape index (κ3) is 24.4. The second-order valence-corrected chi connectivity index (χ2v) is 30.0. The lowest BCUT2D eigenvalue weighted by Crippen LogP contribution is -2.52. The first-order valence-electron chi connectivity index (χ1n) is 38.4. The van der Waals surface area contributed by atoms with Gasteiger partial charge in [0.25, 0.3) is 0 Å². The fraction of sp³-hybridized carbons (Fsp3) is 1.00. The first kappa shape index (κ1) is 83.5. The van der Waals surface area contributed by atoms with Crippen LogP contribution in [0.15, 0.2) is 0 Å². The van der Waals surface area contributed by atoms with Crippen LogP contribution in [0, 0.1) is 11.8 Å². The molecule has 0 aromatic rings. The van der Waals surface area contributed by atoms with E-state index in [1.807, 2.05) is 0 Å². The monoisotopic (exact) mass is 1220 g/mol. The number of likely N-dealkylation sites (N-methyl/N-ethyl adjacent to an activating group) is 6. The molecule has 0 radical (unpaired) electrons. The maximum absolute atomic E-state index is 2.73. The molecule has 6 atom stereocenters. The van der Waals surface area contributed by atoms with Gasteiger partial charge in [-0.1, -0.05) is 95.9 Å². The summed E-state index contributed by atoms with van der Waals surface area (Å²) in [6.07, 6.45) is 13.3. The van der Waals surface area contributed by atoms with Crippen LogP contribution >= 0.6 is 0 Å². The molecule has 6 saturated heterocycles. The summed E-state index contributed by atoms with van der Waals surface area (Å²) in [6, 6.07) is 5.08. The maximum atomic E-state index is 2.73. The van der Waals surface area contributed by atoms with Gasteiger partial charge in [-0.3, -0.25) is 14.7 Å². The highest BCUT2D eigenvalue weighted by Gasteiger charge is 2.45. The highest BCUT2D eigenvalue weighted by molar-refractivity contribution is 4.78. The topological polar surface area (TPSA) is 19.4 Å². The quantitative estimate of drug-likeness (QED) is 0.0663. The zero-order valence-corrected chi connectivity index (χ0v) is 64.3. The van der Waals surface area contributed by atoms with Crippen molar-refractivity contribution < 1.29 is 26.9 Å². The van der Waals surface area contributed by atoms with Gasteiger partial charge in [0, 0.05) is 45.7 Å². The molecule has 0 aromatic heterocycles. The summed E-state index contributed by atoms with van der Waals surface area (Å²) in [5, 5.41) is 0. The summed E-state index contributed by atoms with van der Waals surface area (Å²) in [5.74, 6) is 1.60. The number of quaternary nitrogens is 6. The third-order valence-corrected chi connectivity index (χ3v) is 23.7. The van der Waals surface area contributed by atoms with Gasteiger partial charge in [-0.25, -0.2) is 14.7 Å². The van der Waals surface area contributed by atoms with E-state index in [2.05, 4.69) is 209 Å². The minimum absolute atomic E-state index is 0.775. The third-order valence-electron chi connectivity index (χ3n) is 23.7. The molecular formula is C74H166N12+6. The SMILES string of the molecule is CCCC1CN(CCC)C[N+]1(CC)CC.CCCC1C[N+](CC)(CC)CN1CCC.CCCN1CC(CC)[N+](CC)(CC)C1.CCCN1C[N+](CC)(CC)CC1CC.CC[N+]1(CC)CC(C)N(CC(C)C)C1.CC[N+]1(CC)CN(CC(C)C)CC1C. The van der Waals surface area contributed by atoms with Gasteiger partial charge in [0.15, 0.2) is 0 Å². The van der Waals surface area contributed by atoms with E-state index in [1.165, 1.54) is 288 Å². The zero-order valence-electron chi connectivity index (χ0n) is 64.3. The average Bonchev–Trinajstić information content (AvgIpc) is 2.78. The Labute approximate surface area is 543 Å². The van der Waals surface area contributed by atoms with Crippen molar-refractivity contribution in [1.82, 2.24) is 29.4 Å². The molecule has 0 N–H and O–H groups in total. The van der Waals surface area contributed by atoms with Gasteiger partial charge in [-0.15, -0.1) is 0 Å². The summed E-state index contributed by atoms with van der Waals surface area (Å²) in [5.41, 5.74) is 0.